The van der Waals surface area contributed by atoms with Gasteiger partial charge >= 0.3 is 0 Å². The van der Waals surface area contributed by atoms with Crippen molar-refractivity contribution in [3.8, 4) is 0 Å². The minimum atomic E-state index is -0.481. The van der Waals surface area contributed by atoms with Crippen molar-refractivity contribution in [3.05, 3.63) is 45.0 Å². The zero-order valence-corrected chi connectivity index (χ0v) is 9.80. The van der Waals surface area contributed by atoms with Crippen LogP contribution in [0, 0.1) is 16.0 Å². The maximum Gasteiger partial charge on any atom is 0.270 e. The first-order valence-corrected chi connectivity index (χ1v) is 5.76. The van der Waals surface area contributed by atoms with Crippen LogP contribution in [0.4, 0.5) is 5.69 Å². The highest BCUT2D eigenvalue weighted by atomic mass is 35.5. The molecule has 1 saturated carbocycles. The molecule has 0 amide bonds. The Morgan fingerprint density at radius 3 is 2.82 bits per heavy atom. The summed E-state index contributed by atoms with van der Waals surface area (Å²) in [4.78, 5) is 10.1. The van der Waals surface area contributed by atoms with Crippen molar-refractivity contribution in [2.75, 3.05) is 0 Å². The number of aliphatic hydroxyl groups is 1. The van der Waals surface area contributed by atoms with Gasteiger partial charge in [0.25, 0.3) is 5.69 Å². The molecule has 0 saturated heterocycles. The van der Waals surface area contributed by atoms with Crippen molar-refractivity contribution >= 4 is 23.4 Å². The van der Waals surface area contributed by atoms with Crippen LogP contribution in [0.1, 0.15) is 18.4 Å². The second kappa shape index (κ2) is 4.85. The first-order chi connectivity index (χ1) is 8.08. The maximum absolute atomic E-state index is 10.6. The topological polar surface area (TPSA) is 63.4 Å². The molecule has 17 heavy (non-hydrogen) atoms. The molecule has 2 rings (SSSR count). The van der Waals surface area contributed by atoms with Crippen LogP contribution in [0.3, 0.4) is 0 Å². The zero-order chi connectivity index (χ0) is 12.4. The number of hydrogen-bond donors (Lipinski definition) is 1. The van der Waals surface area contributed by atoms with Crippen LogP contribution in [-0.4, -0.2) is 16.1 Å². The van der Waals surface area contributed by atoms with Gasteiger partial charge in [-0.2, -0.15) is 0 Å². The van der Waals surface area contributed by atoms with Crippen molar-refractivity contribution in [2.24, 2.45) is 5.92 Å². The fraction of sp³-hybridized carbons (Fsp3) is 0.333. The standard InChI is InChI=1S/C12H12ClNO3/c13-11-5-4-10(14(16)17)7-9(11)3-6-12(15)8-1-2-8/h3-8,12,15H,1-2H2/b6-3+/t12-/m1/s1. The number of hydrogen-bond acceptors (Lipinski definition) is 3. The molecule has 1 N–H and O–H groups in total. The van der Waals surface area contributed by atoms with Crippen molar-refractivity contribution in [1.29, 1.82) is 0 Å². The van der Waals surface area contributed by atoms with E-state index in [1.807, 2.05) is 0 Å². The van der Waals surface area contributed by atoms with Gasteiger partial charge in [-0.25, -0.2) is 0 Å². The molecule has 0 unspecified atom stereocenters. The molecule has 0 heterocycles. The quantitative estimate of drug-likeness (QED) is 0.663. The van der Waals surface area contributed by atoms with Gasteiger partial charge in [0.1, 0.15) is 0 Å². The van der Waals surface area contributed by atoms with Crippen molar-refractivity contribution in [1.82, 2.24) is 0 Å². The minimum absolute atomic E-state index is 0.00467. The number of aliphatic hydroxyl groups excluding tert-OH is 1. The van der Waals surface area contributed by atoms with Crippen LogP contribution in [-0.2, 0) is 0 Å². The summed E-state index contributed by atoms with van der Waals surface area (Å²) < 4.78 is 0. The van der Waals surface area contributed by atoms with E-state index < -0.39 is 11.0 Å². The molecule has 1 aliphatic rings. The Bertz CT molecular complexity index is 469. The van der Waals surface area contributed by atoms with E-state index >= 15 is 0 Å². The fourth-order valence-electron chi connectivity index (χ4n) is 1.57. The van der Waals surface area contributed by atoms with Gasteiger partial charge in [-0.1, -0.05) is 23.8 Å². The Hall–Kier alpha value is -1.39. The van der Waals surface area contributed by atoms with E-state index in [0.717, 1.165) is 12.8 Å². The SMILES string of the molecule is O=[N+]([O-])c1ccc(Cl)c(/C=C/[C@@H](O)C2CC2)c1. The van der Waals surface area contributed by atoms with Crippen LogP contribution in [0.25, 0.3) is 6.08 Å². The van der Waals surface area contributed by atoms with E-state index in [9.17, 15) is 15.2 Å². The number of benzene rings is 1. The monoisotopic (exact) mass is 253 g/mol. The predicted molar refractivity (Wildman–Crippen MR) is 65.9 cm³/mol. The molecule has 1 atom stereocenters. The first-order valence-electron chi connectivity index (χ1n) is 5.38. The largest absolute Gasteiger partial charge is 0.389 e. The summed E-state index contributed by atoms with van der Waals surface area (Å²) in [6, 6.07) is 4.25. The van der Waals surface area contributed by atoms with E-state index in [4.69, 9.17) is 11.6 Å². The number of nitro benzene ring substituents is 1. The van der Waals surface area contributed by atoms with E-state index in [1.165, 1.54) is 18.2 Å². The molecule has 1 aromatic carbocycles. The molecule has 1 fully saturated rings. The third-order valence-electron chi connectivity index (χ3n) is 2.77. The number of non-ortho nitro benzene ring substituents is 1. The molecule has 5 heteroatoms. The minimum Gasteiger partial charge on any atom is -0.389 e. The summed E-state index contributed by atoms with van der Waals surface area (Å²) in [5.41, 5.74) is 0.551. The highest BCUT2D eigenvalue weighted by molar-refractivity contribution is 6.32. The molecule has 1 aliphatic carbocycles. The lowest BCUT2D eigenvalue weighted by Gasteiger charge is -2.02. The summed E-state index contributed by atoms with van der Waals surface area (Å²) in [7, 11) is 0. The van der Waals surface area contributed by atoms with Crippen LogP contribution < -0.4 is 0 Å². The van der Waals surface area contributed by atoms with Crippen LogP contribution in [0.5, 0.6) is 0 Å². The first kappa shape index (κ1) is 12.1. The average molecular weight is 254 g/mol. The molecule has 0 aliphatic heterocycles. The predicted octanol–water partition coefficient (Wildman–Crippen LogP) is 3.03. The van der Waals surface area contributed by atoms with Crippen molar-refractivity contribution < 1.29 is 10.0 Å². The second-order valence-corrected chi connectivity index (χ2v) is 4.56. The van der Waals surface area contributed by atoms with E-state index in [2.05, 4.69) is 0 Å². The Balaban J connectivity index is 2.18. The zero-order valence-electron chi connectivity index (χ0n) is 9.04. The molecule has 90 valence electrons. The summed E-state index contributed by atoms with van der Waals surface area (Å²) >= 11 is 5.92. The van der Waals surface area contributed by atoms with E-state index in [0.29, 0.717) is 16.5 Å². The number of nitro groups is 1. The summed E-state index contributed by atoms with van der Waals surface area (Å²) in [6.45, 7) is 0. The smallest absolute Gasteiger partial charge is 0.270 e. The van der Waals surface area contributed by atoms with Gasteiger partial charge in [-0.15, -0.1) is 0 Å². The normalized spacial score (nSPS) is 17.3. The highest BCUT2D eigenvalue weighted by Gasteiger charge is 2.27. The highest BCUT2D eigenvalue weighted by Crippen LogP contribution is 2.33. The summed E-state index contributed by atoms with van der Waals surface area (Å²) in [5, 5.41) is 20.7. The molecule has 0 aromatic heterocycles. The van der Waals surface area contributed by atoms with Gasteiger partial charge in [-0.05, 0) is 30.4 Å². The van der Waals surface area contributed by atoms with Gasteiger partial charge in [0.15, 0.2) is 0 Å². The van der Waals surface area contributed by atoms with Gasteiger partial charge < -0.3 is 5.11 Å². The molecular formula is C12H12ClNO3. The second-order valence-electron chi connectivity index (χ2n) is 4.15. The lowest BCUT2D eigenvalue weighted by atomic mass is 10.1. The summed E-state index contributed by atoms with van der Waals surface area (Å²) in [5.74, 6) is 0.337. The Morgan fingerprint density at radius 2 is 2.24 bits per heavy atom. The molecular weight excluding hydrogens is 242 g/mol. The number of rotatable bonds is 4. The maximum atomic E-state index is 10.6. The van der Waals surface area contributed by atoms with Gasteiger partial charge in [0.2, 0.25) is 0 Å². The Kier molecular flexibility index (Phi) is 3.45. The van der Waals surface area contributed by atoms with E-state index in [-0.39, 0.29) is 5.69 Å². The molecule has 4 nitrogen and oxygen atoms in total. The fourth-order valence-corrected chi connectivity index (χ4v) is 1.75. The molecule has 1 aromatic rings. The van der Waals surface area contributed by atoms with Crippen LogP contribution in [0.2, 0.25) is 5.02 Å². The Morgan fingerprint density at radius 1 is 1.53 bits per heavy atom. The third-order valence-corrected chi connectivity index (χ3v) is 3.11. The number of nitrogens with zero attached hydrogens (tertiary/aromatic N) is 1. The third kappa shape index (κ3) is 3.05. The van der Waals surface area contributed by atoms with Gasteiger partial charge in [0, 0.05) is 17.2 Å². The van der Waals surface area contributed by atoms with E-state index in [1.54, 1.807) is 12.2 Å². The van der Waals surface area contributed by atoms with Crippen LogP contribution >= 0.6 is 11.6 Å². The van der Waals surface area contributed by atoms with Crippen molar-refractivity contribution in [2.45, 2.75) is 18.9 Å². The lowest BCUT2D eigenvalue weighted by Crippen LogP contribution is -2.03. The van der Waals surface area contributed by atoms with Gasteiger partial charge in [0.05, 0.1) is 11.0 Å². The number of halogens is 1. The molecule has 0 bridgehead atoms. The summed E-state index contributed by atoms with van der Waals surface area (Å²) in [6.07, 6.45) is 4.87. The average Bonchev–Trinajstić information content (AvgIpc) is 3.11. The van der Waals surface area contributed by atoms with Gasteiger partial charge in [-0.3, -0.25) is 10.1 Å². The molecule has 0 spiro atoms. The lowest BCUT2D eigenvalue weighted by molar-refractivity contribution is -0.384. The molecule has 0 radical (unpaired) electrons. The Labute approximate surface area is 104 Å². The van der Waals surface area contributed by atoms with Crippen LogP contribution in [0.15, 0.2) is 24.3 Å². The van der Waals surface area contributed by atoms with Crippen molar-refractivity contribution in [3.63, 3.8) is 0 Å².